The molecule has 2 aromatic heterocycles. The van der Waals surface area contributed by atoms with Crippen LogP contribution in [0.25, 0.3) is 22.6 Å². The van der Waals surface area contributed by atoms with Crippen molar-refractivity contribution in [2.24, 2.45) is 0 Å². The molecule has 0 atom stereocenters. The zero-order chi connectivity index (χ0) is 24.4. The van der Waals surface area contributed by atoms with Crippen molar-refractivity contribution in [3.05, 3.63) is 64.7 Å². The van der Waals surface area contributed by atoms with E-state index in [-0.39, 0.29) is 27.4 Å². The smallest absolute Gasteiger partial charge is 0.166 e. The van der Waals surface area contributed by atoms with E-state index in [0.717, 1.165) is 0 Å². The molecule has 174 valence electrons. The van der Waals surface area contributed by atoms with Gasteiger partial charge in [-0.15, -0.1) is 0 Å². The molecule has 11 heteroatoms. The van der Waals surface area contributed by atoms with E-state index >= 15 is 4.39 Å². The highest BCUT2D eigenvalue weighted by atomic mass is 35.5. The van der Waals surface area contributed by atoms with Crippen molar-refractivity contribution in [3.8, 4) is 34.1 Å². The number of nitrogen functional groups attached to an aromatic ring is 2. The maximum Gasteiger partial charge on any atom is 0.166 e. The number of nitrogens with one attached hydrogen (secondary N) is 1. The molecular formula is C23H19Cl2FN6O2. The molecule has 0 bridgehead atoms. The third-order valence-corrected chi connectivity index (χ3v) is 5.74. The van der Waals surface area contributed by atoms with E-state index in [2.05, 4.69) is 20.3 Å². The van der Waals surface area contributed by atoms with Crippen LogP contribution in [0.1, 0.15) is 0 Å². The van der Waals surface area contributed by atoms with Crippen molar-refractivity contribution in [1.82, 2.24) is 15.0 Å². The molecule has 34 heavy (non-hydrogen) atoms. The maximum absolute atomic E-state index is 15.0. The van der Waals surface area contributed by atoms with Gasteiger partial charge < -0.3 is 26.3 Å². The minimum Gasteiger partial charge on any atom is -0.495 e. The Morgan fingerprint density at radius 2 is 1.68 bits per heavy atom. The Morgan fingerprint density at radius 3 is 2.32 bits per heavy atom. The number of ether oxygens (including phenoxy) is 2. The van der Waals surface area contributed by atoms with Gasteiger partial charge in [0.1, 0.15) is 21.5 Å². The number of anilines is 4. The lowest BCUT2D eigenvalue weighted by molar-refractivity contribution is 0.395. The highest BCUT2D eigenvalue weighted by Gasteiger charge is 2.19. The van der Waals surface area contributed by atoms with E-state index in [1.807, 2.05) is 0 Å². The van der Waals surface area contributed by atoms with Gasteiger partial charge in [-0.05, 0) is 18.2 Å². The molecule has 2 aromatic carbocycles. The number of methoxy groups -OCH3 is 2. The topological polar surface area (TPSA) is 121 Å². The fourth-order valence-electron chi connectivity index (χ4n) is 3.22. The first-order chi connectivity index (χ1) is 16.3. The Labute approximate surface area is 204 Å². The molecule has 0 unspecified atom stereocenters. The molecule has 0 radical (unpaired) electrons. The third-order valence-electron chi connectivity index (χ3n) is 4.99. The number of pyridine rings is 1. The molecule has 5 N–H and O–H groups in total. The summed E-state index contributed by atoms with van der Waals surface area (Å²) in [5, 5.41) is 3.10. The molecule has 0 spiro atoms. The molecule has 4 aromatic rings. The highest BCUT2D eigenvalue weighted by molar-refractivity contribution is 6.41. The maximum atomic E-state index is 15.0. The Morgan fingerprint density at radius 1 is 0.971 bits per heavy atom. The first-order valence-corrected chi connectivity index (χ1v) is 10.6. The van der Waals surface area contributed by atoms with Gasteiger partial charge in [0.2, 0.25) is 0 Å². The van der Waals surface area contributed by atoms with Crippen molar-refractivity contribution >= 4 is 46.1 Å². The number of para-hydroxylation sites is 1. The Hall–Kier alpha value is -3.82. The summed E-state index contributed by atoms with van der Waals surface area (Å²) in [5.74, 6) is 0.0707. The van der Waals surface area contributed by atoms with E-state index in [1.165, 1.54) is 32.5 Å². The standard InChI is InChI=1S/C23H19Cl2FN6O2/c1-33-16-9-17(34-2)19(25)21(18(16)24)32-23-13(26)8-11(10-30-23)22-29-7-6-15(31-22)12-4-3-5-14(27)20(12)28/h3-10H,27-28H2,1-2H3,(H,30,32). The van der Waals surface area contributed by atoms with Crippen molar-refractivity contribution in [2.75, 3.05) is 31.0 Å². The third kappa shape index (κ3) is 4.35. The summed E-state index contributed by atoms with van der Waals surface area (Å²) in [6.07, 6.45) is 2.97. The zero-order valence-electron chi connectivity index (χ0n) is 18.1. The number of benzene rings is 2. The largest absolute Gasteiger partial charge is 0.495 e. The van der Waals surface area contributed by atoms with Crippen LogP contribution in [0.5, 0.6) is 11.5 Å². The lowest BCUT2D eigenvalue weighted by Crippen LogP contribution is -2.02. The predicted molar refractivity (Wildman–Crippen MR) is 132 cm³/mol. The van der Waals surface area contributed by atoms with Gasteiger partial charge in [0, 0.05) is 29.6 Å². The fourth-order valence-corrected chi connectivity index (χ4v) is 3.82. The SMILES string of the molecule is COc1cc(OC)c(Cl)c(Nc2ncc(-c3nccc(-c4cccc(N)c4N)n3)cc2F)c1Cl. The van der Waals surface area contributed by atoms with Crippen molar-refractivity contribution < 1.29 is 13.9 Å². The second kappa shape index (κ2) is 9.58. The van der Waals surface area contributed by atoms with Crippen molar-refractivity contribution in [1.29, 1.82) is 0 Å². The number of aromatic nitrogens is 3. The predicted octanol–water partition coefficient (Wildman–Crippen LogP) is 5.58. The van der Waals surface area contributed by atoms with E-state index < -0.39 is 5.82 Å². The van der Waals surface area contributed by atoms with Crippen LogP contribution in [0.3, 0.4) is 0 Å². The normalized spacial score (nSPS) is 10.7. The second-order valence-corrected chi connectivity index (χ2v) is 7.79. The monoisotopic (exact) mass is 500 g/mol. The van der Waals surface area contributed by atoms with Crippen LogP contribution >= 0.6 is 23.2 Å². The lowest BCUT2D eigenvalue weighted by Gasteiger charge is -2.16. The van der Waals surface area contributed by atoms with Gasteiger partial charge in [0.05, 0.1) is 37.0 Å². The van der Waals surface area contributed by atoms with Crippen LogP contribution in [0, 0.1) is 5.82 Å². The Kier molecular flexibility index (Phi) is 6.58. The molecule has 4 rings (SSSR count). The lowest BCUT2D eigenvalue weighted by atomic mass is 10.1. The van der Waals surface area contributed by atoms with Gasteiger partial charge >= 0.3 is 0 Å². The van der Waals surface area contributed by atoms with Crippen molar-refractivity contribution in [2.45, 2.75) is 0 Å². The fraction of sp³-hybridized carbons (Fsp3) is 0.0870. The van der Waals surface area contributed by atoms with Gasteiger partial charge in [-0.1, -0.05) is 35.3 Å². The number of halogens is 3. The summed E-state index contributed by atoms with van der Waals surface area (Å²) in [7, 11) is 2.88. The van der Waals surface area contributed by atoms with Gasteiger partial charge in [0.15, 0.2) is 17.5 Å². The average Bonchev–Trinajstić information content (AvgIpc) is 2.84. The molecule has 0 amide bonds. The number of hydrogen-bond donors (Lipinski definition) is 3. The van der Waals surface area contributed by atoms with Gasteiger partial charge in [-0.3, -0.25) is 0 Å². The minimum absolute atomic E-state index is 0.112. The summed E-state index contributed by atoms with van der Waals surface area (Å²) in [6, 6.07) is 9.72. The van der Waals surface area contributed by atoms with Crippen LogP contribution in [0.15, 0.2) is 48.8 Å². The molecule has 2 heterocycles. The second-order valence-electron chi connectivity index (χ2n) is 7.04. The molecule has 0 fully saturated rings. The Balaban J connectivity index is 1.69. The number of hydrogen-bond acceptors (Lipinski definition) is 8. The van der Waals surface area contributed by atoms with Gasteiger partial charge in [-0.25, -0.2) is 19.3 Å². The summed E-state index contributed by atoms with van der Waals surface area (Å²) in [4.78, 5) is 12.9. The average molecular weight is 501 g/mol. The number of nitrogens with zero attached hydrogens (tertiary/aromatic N) is 3. The summed E-state index contributed by atoms with van der Waals surface area (Å²) in [6.45, 7) is 0. The summed E-state index contributed by atoms with van der Waals surface area (Å²) >= 11 is 12.7. The molecule has 0 saturated carbocycles. The van der Waals surface area contributed by atoms with Crippen molar-refractivity contribution in [3.63, 3.8) is 0 Å². The number of nitrogens with two attached hydrogens (primary N) is 2. The number of rotatable bonds is 6. The first-order valence-electron chi connectivity index (χ1n) is 9.84. The molecular weight excluding hydrogens is 482 g/mol. The quantitative estimate of drug-likeness (QED) is 0.293. The van der Waals surface area contributed by atoms with E-state index in [4.69, 9.17) is 44.1 Å². The Bertz CT molecular complexity index is 1360. The van der Waals surface area contributed by atoms with E-state index in [1.54, 1.807) is 30.5 Å². The zero-order valence-corrected chi connectivity index (χ0v) is 19.6. The first kappa shape index (κ1) is 23.3. The van der Waals surface area contributed by atoms with E-state index in [9.17, 15) is 0 Å². The summed E-state index contributed by atoms with van der Waals surface area (Å²) in [5.41, 5.74) is 14.5. The van der Waals surface area contributed by atoms with E-state index in [0.29, 0.717) is 39.7 Å². The van der Waals surface area contributed by atoms with Gasteiger partial charge in [-0.2, -0.15) is 0 Å². The molecule has 0 aliphatic carbocycles. The van der Waals surface area contributed by atoms with Crippen LogP contribution < -0.4 is 26.3 Å². The summed E-state index contributed by atoms with van der Waals surface area (Å²) < 4.78 is 25.5. The molecule has 0 saturated heterocycles. The van der Waals surface area contributed by atoms with Crippen LogP contribution in [-0.4, -0.2) is 29.2 Å². The highest BCUT2D eigenvalue weighted by Crippen LogP contribution is 2.45. The molecule has 0 aliphatic heterocycles. The molecule has 0 aliphatic rings. The van der Waals surface area contributed by atoms with Gasteiger partial charge in [0.25, 0.3) is 0 Å². The minimum atomic E-state index is -0.677. The molecule has 8 nitrogen and oxygen atoms in total. The van der Waals surface area contributed by atoms with Crippen LogP contribution in [0.2, 0.25) is 10.0 Å². The van der Waals surface area contributed by atoms with Crippen LogP contribution in [0.4, 0.5) is 27.3 Å². The van der Waals surface area contributed by atoms with Crippen LogP contribution in [-0.2, 0) is 0 Å².